The molecule has 0 radical (unpaired) electrons. The van der Waals surface area contributed by atoms with Crippen LogP contribution in [-0.4, -0.2) is 50.6 Å². The lowest BCUT2D eigenvalue weighted by Crippen LogP contribution is -2.31. The average Bonchev–Trinajstić information content (AvgIpc) is 3.17. The van der Waals surface area contributed by atoms with E-state index in [2.05, 4.69) is 4.98 Å². The second kappa shape index (κ2) is 8.86. The number of carboxylic acid groups (broad SMARTS) is 1. The number of alkyl halides is 3. The molecule has 158 valence electrons. The lowest BCUT2D eigenvalue weighted by atomic mass is 10.1. The van der Waals surface area contributed by atoms with Gasteiger partial charge >= 0.3 is 12.1 Å². The van der Waals surface area contributed by atoms with Gasteiger partial charge in [0, 0.05) is 41.2 Å². The molecule has 1 aromatic carbocycles. The van der Waals surface area contributed by atoms with E-state index in [1.54, 1.807) is 0 Å². The molecular formula is C19H21ClF3N3O3. The molecule has 29 heavy (non-hydrogen) atoms. The fourth-order valence-electron chi connectivity index (χ4n) is 3.01. The van der Waals surface area contributed by atoms with E-state index in [0.29, 0.717) is 11.4 Å². The van der Waals surface area contributed by atoms with Crippen LogP contribution in [0.15, 0.2) is 24.3 Å². The van der Waals surface area contributed by atoms with E-state index in [4.69, 9.17) is 26.5 Å². The Kier molecular flexibility index (Phi) is 6.94. The highest BCUT2D eigenvalue weighted by Crippen LogP contribution is 2.31. The number of hydrogen-bond donors (Lipinski definition) is 2. The number of nitrogens with one attached hydrogen (secondary N) is 1. The van der Waals surface area contributed by atoms with Gasteiger partial charge in [0.05, 0.1) is 5.69 Å². The molecule has 2 aromatic rings. The number of benzene rings is 1. The number of carbonyl (C=O) groups is 2. The van der Waals surface area contributed by atoms with Crippen molar-refractivity contribution in [3.63, 3.8) is 0 Å². The molecule has 1 amide bonds. The molecule has 2 heterocycles. The third-order valence-corrected chi connectivity index (χ3v) is 4.65. The number of H-pyrrole nitrogens is 1. The molecule has 1 atom stereocenters. The number of likely N-dealkylation sites (tertiary alicyclic amines) is 1. The van der Waals surface area contributed by atoms with Crippen molar-refractivity contribution >= 4 is 23.5 Å². The van der Waals surface area contributed by atoms with Crippen LogP contribution in [0.5, 0.6) is 0 Å². The Balaban J connectivity index is 0.000000370. The Labute approximate surface area is 170 Å². The normalized spacial score (nSPS) is 16.8. The quantitative estimate of drug-likeness (QED) is 0.754. The number of aromatic amines is 1. The second-order valence-corrected chi connectivity index (χ2v) is 7.39. The molecule has 1 unspecified atom stereocenters. The summed E-state index contributed by atoms with van der Waals surface area (Å²) < 4.78 is 31.7. The highest BCUT2D eigenvalue weighted by atomic mass is 35.5. The lowest BCUT2D eigenvalue weighted by molar-refractivity contribution is -0.192. The van der Waals surface area contributed by atoms with Crippen LogP contribution in [0, 0.1) is 6.92 Å². The van der Waals surface area contributed by atoms with Crippen molar-refractivity contribution in [1.82, 2.24) is 14.9 Å². The first kappa shape index (κ1) is 22.7. The van der Waals surface area contributed by atoms with Crippen molar-refractivity contribution in [2.75, 3.05) is 6.54 Å². The number of halogens is 4. The molecule has 1 aliphatic rings. The summed E-state index contributed by atoms with van der Waals surface area (Å²) >= 11 is 6.06. The maximum atomic E-state index is 12.1. The smallest absolute Gasteiger partial charge is 0.475 e. The van der Waals surface area contributed by atoms with Crippen LogP contribution in [0.1, 0.15) is 37.7 Å². The first-order valence-electron chi connectivity index (χ1n) is 8.82. The van der Waals surface area contributed by atoms with Gasteiger partial charge in [-0.3, -0.25) is 4.79 Å². The molecule has 0 spiro atoms. The standard InChI is InChI=1S/C17H20ClN3O.C2HF3O2/c1-10(2)21-9-13(8-15(21)22)17-19-11(3)16(20-17)12-5-4-6-14(18)7-12;3-2(4,5)1(6)7/h4-7,10,13H,8-9H2,1-3H3,(H,19,20);(H,6,7). The largest absolute Gasteiger partial charge is 0.490 e. The number of aliphatic carboxylic acids is 1. The SMILES string of the molecule is Cc1[nH]c(C2CC(=O)N(C(C)C)C2)nc1-c1cccc(Cl)c1.O=C(O)C(F)(F)F. The Morgan fingerprint density at radius 1 is 1.38 bits per heavy atom. The second-order valence-electron chi connectivity index (χ2n) is 6.95. The Hall–Kier alpha value is -2.55. The predicted molar refractivity (Wildman–Crippen MR) is 102 cm³/mol. The van der Waals surface area contributed by atoms with Gasteiger partial charge in [0.2, 0.25) is 5.91 Å². The summed E-state index contributed by atoms with van der Waals surface area (Å²) in [5.74, 6) is -1.52. The van der Waals surface area contributed by atoms with Crippen LogP contribution in [0.25, 0.3) is 11.3 Å². The number of carboxylic acids is 1. The third kappa shape index (κ3) is 5.72. The fourth-order valence-corrected chi connectivity index (χ4v) is 3.20. The number of aromatic nitrogens is 2. The van der Waals surface area contributed by atoms with Crippen molar-refractivity contribution in [1.29, 1.82) is 0 Å². The summed E-state index contributed by atoms with van der Waals surface area (Å²) in [4.78, 5) is 31.0. The average molecular weight is 432 g/mol. The molecule has 3 rings (SSSR count). The molecule has 1 aromatic heterocycles. The van der Waals surface area contributed by atoms with Gasteiger partial charge in [0.25, 0.3) is 0 Å². The van der Waals surface area contributed by atoms with Gasteiger partial charge in [-0.1, -0.05) is 23.7 Å². The zero-order chi connectivity index (χ0) is 21.9. The van der Waals surface area contributed by atoms with Gasteiger partial charge < -0.3 is 15.0 Å². The van der Waals surface area contributed by atoms with E-state index in [9.17, 15) is 18.0 Å². The molecule has 0 bridgehead atoms. The highest BCUT2D eigenvalue weighted by molar-refractivity contribution is 6.30. The van der Waals surface area contributed by atoms with Crippen LogP contribution in [0.4, 0.5) is 13.2 Å². The minimum absolute atomic E-state index is 0.140. The van der Waals surface area contributed by atoms with E-state index < -0.39 is 12.1 Å². The number of hydrogen-bond acceptors (Lipinski definition) is 3. The lowest BCUT2D eigenvalue weighted by Gasteiger charge is -2.20. The number of nitrogens with zero attached hydrogens (tertiary/aromatic N) is 2. The molecule has 0 saturated carbocycles. The molecule has 6 nitrogen and oxygen atoms in total. The molecule has 1 saturated heterocycles. The van der Waals surface area contributed by atoms with Gasteiger partial charge in [-0.2, -0.15) is 13.2 Å². The maximum absolute atomic E-state index is 12.1. The molecular weight excluding hydrogens is 411 g/mol. The summed E-state index contributed by atoms with van der Waals surface area (Å²) in [6, 6.07) is 7.92. The van der Waals surface area contributed by atoms with Crippen LogP contribution >= 0.6 is 11.6 Å². The van der Waals surface area contributed by atoms with Crippen molar-refractivity contribution in [2.24, 2.45) is 0 Å². The Morgan fingerprint density at radius 3 is 2.48 bits per heavy atom. The van der Waals surface area contributed by atoms with Crippen LogP contribution in [0.3, 0.4) is 0 Å². The van der Waals surface area contributed by atoms with Gasteiger partial charge in [0.1, 0.15) is 5.82 Å². The Morgan fingerprint density at radius 2 is 2.00 bits per heavy atom. The van der Waals surface area contributed by atoms with Crippen molar-refractivity contribution in [2.45, 2.75) is 45.3 Å². The van der Waals surface area contributed by atoms with Gasteiger partial charge in [0.15, 0.2) is 0 Å². The minimum atomic E-state index is -5.08. The molecule has 10 heteroatoms. The van der Waals surface area contributed by atoms with Gasteiger partial charge in [-0.15, -0.1) is 0 Å². The maximum Gasteiger partial charge on any atom is 0.490 e. The van der Waals surface area contributed by atoms with Crippen molar-refractivity contribution in [3.05, 3.63) is 40.8 Å². The van der Waals surface area contributed by atoms with E-state index in [-0.39, 0.29) is 17.9 Å². The zero-order valence-electron chi connectivity index (χ0n) is 16.0. The monoisotopic (exact) mass is 431 g/mol. The number of carbonyl (C=O) groups excluding carboxylic acids is 1. The summed E-state index contributed by atoms with van der Waals surface area (Å²) in [5, 5.41) is 7.82. The van der Waals surface area contributed by atoms with Crippen molar-refractivity contribution < 1.29 is 27.9 Å². The molecule has 1 aliphatic heterocycles. The van der Waals surface area contributed by atoms with Gasteiger partial charge in [-0.25, -0.2) is 9.78 Å². The predicted octanol–water partition coefficient (Wildman–Crippen LogP) is 4.40. The summed E-state index contributed by atoms with van der Waals surface area (Å²) in [5.41, 5.74) is 2.91. The molecule has 0 aliphatic carbocycles. The van der Waals surface area contributed by atoms with Crippen LogP contribution in [0.2, 0.25) is 5.02 Å². The number of amides is 1. The summed E-state index contributed by atoms with van der Waals surface area (Å²) in [6.07, 6.45) is -4.56. The number of imidazole rings is 1. The summed E-state index contributed by atoms with van der Waals surface area (Å²) in [7, 11) is 0. The van der Waals surface area contributed by atoms with Crippen molar-refractivity contribution in [3.8, 4) is 11.3 Å². The topological polar surface area (TPSA) is 86.3 Å². The molecule has 2 N–H and O–H groups in total. The third-order valence-electron chi connectivity index (χ3n) is 4.41. The van der Waals surface area contributed by atoms with Crippen LogP contribution in [-0.2, 0) is 9.59 Å². The van der Waals surface area contributed by atoms with E-state index >= 15 is 0 Å². The summed E-state index contributed by atoms with van der Waals surface area (Å²) in [6.45, 7) is 6.83. The number of aryl methyl sites for hydroxylation is 1. The minimum Gasteiger partial charge on any atom is -0.475 e. The first-order chi connectivity index (χ1) is 13.4. The first-order valence-corrected chi connectivity index (χ1v) is 9.20. The Bertz CT molecular complexity index is 896. The van der Waals surface area contributed by atoms with E-state index in [1.807, 2.05) is 49.9 Å². The fraction of sp³-hybridized carbons (Fsp3) is 0.421. The molecule has 1 fully saturated rings. The van der Waals surface area contributed by atoms with E-state index in [0.717, 1.165) is 29.3 Å². The van der Waals surface area contributed by atoms with Crippen LogP contribution < -0.4 is 0 Å². The number of rotatable bonds is 3. The zero-order valence-corrected chi connectivity index (χ0v) is 16.8. The highest BCUT2D eigenvalue weighted by Gasteiger charge is 2.38. The van der Waals surface area contributed by atoms with E-state index in [1.165, 1.54) is 0 Å². The van der Waals surface area contributed by atoms with Gasteiger partial charge in [-0.05, 0) is 32.9 Å².